The summed E-state index contributed by atoms with van der Waals surface area (Å²) in [6, 6.07) is 4.94. The van der Waals surface area contributed by atoms with Crippen molar-refractivity contribution in [2.24, 2.45) is 5.73 Å². The molecular weight excluding hydrogens is 235 g/mol. The maximum Gasteiger partial charge on any atom is 0.147 e. The summed E-state index contributed by atoms with van der Waals surface area (Å²) in [7, 11) is 0. The zero-order chi connectivity index (χ0) is 9.42. The zero-order valence-corrected chi connectivity index (χ0v) is 8.36. The van der Waals surface area contributed by atoms with Crippen LogP contribution < -0.4 is 5.73 Å². The van der Waals surface area contributed by atoms with Crippen molar-refractivity contribution in [3.05, 3.63) is 34.2 Å². The lowest BCUT2D eigenvalue weighted by atomic mass is 10.2. The highest BCUT2D eigenvalue weighted by molar-refractivity contribution is 9.10. The molecule has 0 radical (unpaired) electrons. The highest BCUT2D eigenvalue weighted by Gasteiger charge is 2.09. The van der Waals surface area contributed by atoms with Gasteiger partial charge in [-0.1, -0.05) is 12.1 Å². The lowest BCUT2D eigenvalue weighted by Gasteiger charge is -1.90. The molecule has 3 N–H and O–H groups in total. The van der Waals surface area contributed by atoms with Gasteiger partial charge < -0.3 is 10.7 Å². The van der Waals surface area contributed by atoms with E-state index in [1.54, 1.807) is 6.07 Å². The monoisotopic (exact) mass is 242 g/mol. The zero-order valence-electron chi connectivity index (χ0n) is 6.77. The summed E-state index contributed by atoms with van der Waals surface area (Å²) in [5.74, 6) is -0.252. The van der Waals surface area contributed by atoms with Gasteiger partial charge in [-0.25, -0.2) is 4.39 Å². The maximum atomic E-state index is 13.2. The van der Waals surface area contributed by atoms with Crippen LogP contribution in [-0.4, -0.2) is 4.98 Å². The highest BCUT2D eigenvalue weighted by Crippen LogP contribution is 2.28. The second-order valence-corrected chi connectivity index (χ2v) is 3.58. The van der Waals surface area contributed by atoms with Gasteiger partial charge in [-0.3, -0.25) is 0 Å². The summed E-state index contributed by atoms with van der Waals surface area (Å²) in [6.07, 6.45) is 0. The Kier molecular flexibility index (Phi) is 2.09. The summed E-state index contributed by atoms with van der Waals surface area (Å²) in [5.41, 5.74) is 6.81. The quantitative estimate of drug-likeness (QED) is 0.793. The Morgan fingerprint density at radius 3 is 2.85 bits per heavy atom. The van der Waals surface area contributed by atoms with Crippen LogP contribution in [0.3, 0.4) is 0 Å². The van der Waals surface area contributed by atoms with Crippen LogP contribution in [-0.2, 0) is 6.54 Å². The molecule has 0 atom stereocenters. The molecule has 0 saturated carbocycles. The molecule has 1 aromatic heterocycles. The first-order valence-corrected chi connectivity index (χ1v) is 4.68. The second kappa shape index (κ2) is 3.12. The molecule has 0 saturated heterocycles. The SMILES string of the molecule is NCc1[nH]c2c(F)cccc2c1Br. The number of fused-ring (bicyclic) bond motifs is 1. The van der Waals surface area contributed by atoms with E-state index in [-0.39, 0.29) is 5.82 Å². The number of para-hydroxylation sites is 1. The Balaban J connectivity index is 2.83. The van der Waals surface area contributed by atoms with Crippen LogP contribution in [0, 0.1) is 5.82 Å². The number of rotatable bonds is 1. The Bertz CT molecular complexity index is 450. The minimum Gasteiger partial charge on any atom is -0.354 e. The average molecular weight is 243 g/mol. The van der Waals surface area contributed by atoms with Gasteiger partial charge in [0, 0.05) is 22.1 Å². The van der Waals surface area contributed by atoms with Crippen molar-refractivity contribution >= 4 is 26.8 Å². The number of hydrogen-bond acceptors (Lipinski definition) is 1. The Morgan fingerprint density at radius 1 is 1.46 bits per heavy atom. The van der Waals surface area contributed by atoms with Gasteiger partial charge in [0.2, 0.25) is 0 Å². The van der Waals surface area contributed by atoms with Crippen molar-refractivity contribution in [1.82, 2.24) is 4.98 Å². The predicted octanol–water partition coefficient (Wildman–Crippen LogP) is 2.53. The first-order chi connectivity index (χ1) is 6.24. The lowest BCUT2D eigenvalue weighted by molar-refractivity contribution is 0.637. The smallest absolute Gasteiger partial charge is 0.147 e. The first-order valence-electron chi connectivity index (χ1n) is 3.88. The fourth-order valence-corrected chi connectivity index (χ4v) is 1.93. The van der Waals surface area contributed by atoms with Crippen LogP contribution in [0.25, 0.3) is 10.9 Å². The molecule has 0 aliphatic carbocycles. The molecule has 4 heteroatoms. The van der Waals surface area contributed by atoms with Gasteiger partial charge in [0.25, 0.3) is 0 Å². The Morgan fingerprint density at radius 2 is 2.23 bits per heavy atom. The molecule has 0 aliphatic heterocycles. The van der Waals surface area contributed by atoms with E-state index in [0.29, 0.717) is 12.1 Å². The molecule has 2 aromatic rings. The van der Waals surface area contributed by atoms with E-state index < -0.39 is 0 Å². The summed E-state index contributed by atoms with van der Waals surface area (Å²) < 4.78 is 14.1. The van der Waals surface area contributed by atoms with Crippen molar-refractivity contribution in [2.75, 3.05) is 0 Å². The number of nitrogens with two attached hydrogens (primary N) is 1. The van der Waals surface area contributed by atoms with Crippen molar-refractivity contribution in [2.45, 2.75) is 6.54 Å². The van der Waals surface area contributed by atoms with Crippen LogP contribution in [0.1, 0.15) is 5.69 Å². The van der Waals surface area contributed by atoms with Crippen molar-refractivity contribution < 1.29 is 4.39 Å². The molecule has 2 nitrogen and oxygen atoms in total. The molecule has 1 aromatic carbocycles. The van der Waals surface area contributed by atoms with Crippen molar-refractivity contribution in [3.8, 4) is 0 Å². The molecule has 2 rings (SSSR count). The molecule has 13 heavy (non-hydrogen) atoms. The minimum absolute atomic E-state index is 0.252. The number of aromatic amines is 1. The van der Waals surface area contributed by atoms with E-state index in [1.165, 1.54) is 6.07 Å². The van der Waals surface area contributed by atoms with Gasteiger partial charge >= 0.3 is 0 Å². The summed E-state index contributed by atoms with van der Waals surface area (Å²) >= 11 is 3.37. The Labute approximate surface area is 83.1 Å². The minimum atomic E-state index is -0.252. The molecule has 1 heterocycles. The third kappa shape index (κ3) is 1.26. The summed E-state index contributed by atoms with van der Waals surface area (Å²) in [4.78, 5) is 2.93. The van der Waals surface area contributed by atoms with Gasteiger partial charge in [-0.05, 0) is 22.0 Å². The van der Waals surface area contributed by atoms with E-state index in [4.69, 9.17) is 5.73 Å². The molecule has 0 fully saturated rings. The van der Waals surface area contributed by atoms with Crippen LogP contribution >= 0.6 is 15.9 Å². The fourth-order valence-electron chi connectivity index (χ4n) is 1.34. The van der Waals surface area contributed by atoms with E-state index in [0.717, 1.165) is 15.6 Å². The molecule has 0 aliphatic rings. The fraction of sp³-hybridized carbons (Fsp3) is 0.111. The molecule has 0 unspecified atom stereocenters. The van der Waals surface area contributed by atoms with Gasteiger partial charge in [-0.15, -0.1) is 0 Å². The van der Waals surface area contributed by atoms with Crippen LogP contribution in [0.15, 0.2) is 22.7 Å². The largest absolute Gasteiger partial charge is 0.354 e. The molecular formula is C9H8BrFN2. The van der Waals surface area contributed by atoms with Gasteiger partial charge in [0.05, 0.1) is 5.52 Å². The molecule has 0 spiro atoms. The Hall–Kier alpha value is -0.870. The van der Waals surface area contributed by atoms with Crippen LogP contribution in [0.5, 0.6) is 0 Å². The average Bonchev–Trinajstić information content (AvgIpc) is 2.45. The molecule has 68 valence electrons. The standard InChI is InChI=1S/C9H8BrFN2/c10-8-5-2-1-3-6(11)9(5)13-7(8)4-12/h1-3,13H,4,12H2. The van der Waals surface area contributed by atoms with E-state index in [1.807, 2.05) is 6.07 Å². The van der Waals surface area contributed by atoms with Crippen LogP contribution in [0.4, 0.5) is 4.39 Å². The van der Waals surface area contributed by atoms with E-state index in [9.17, 15) is 4.39 Å². The molecule has 0 amide bonds. The first kappa shape index (κ1) is 8.72. The van der Waals surface area contributed by atoms with Crippen LogP contribution in [0.2, 0.25) is 0 Å². The van der Waals surface area contributed by atoms with E-state index >= 15 is 0 Å². The van der Waals surface area contributed by atoms with Gasteiger partial charge in [0.1, 0.15) is 5.82 Å². The summed E-state index contributed by atoms with van der Waals surface area (Å²) in [6.45, 7) is 0.370. The summed E-state index contributed by atoms with van der Waals surface area (Å²) in [5, 5.41) is 0.834. The molecule has 0 bridgehead atoms. The van der Waals surface area contributed by atoms with Crippen molar-refractivity contribution in [1.29, 1.82) is 0 Å². The topological polar surface area (TPSA) is 41.8 Å². The number of benzene rings is 1. The number of hydrogen-bond donors (Lipinski definition) is 2. The normalized spacial score (nSPS) is 11.0. The lowest BCUT2D eigenvalue weighted by Crippen LogP contribution is -1.96. The van der Waals surface area contributed by atoms with Gasteiger partial charge in [0.15, 0.2) is 0 Å². The third-order valence-corrected chi connectivity index (χ3v) is 2.90. The van der Waals surface area contributed by atoms with E-state index in [2.05, 4.69) is 20.9 Å². The number of aromatic nitrogens is 1. The predicted molar refractivity (Wildman–Crippen MR) is 53.8 cm³/mol. The third-order valence-electron chi connectivity index (χ3n) is 2.00. The van der Waals surface area contributed by atoms with Crippen molar-refractivity contribution in [3.63, 3.8) is 0 Å². The highest BCUT2D eigenvalue weighted by atomic mass is 79.9. The van der Waals surface area contributed by atoms with Gasteiger partial charge in [-0.2, -0.15) is 0 Å². The number of H-pyrrole nitrogens is 1. The maximum absolute atomic E-state index is 13.2. The number of halogens is 2. The second-order valence-electron chi connectivity index (χ2n) is 2.78. The number of nitrogens with one attached hydrogen (secondary N) is 1.